The van der Waals surface area contributed by atoms with Gasteiger partial charge in [0.1, 0.15) is 5.75 Å². The van der Waals surface area contributed by atoms with Crippen molar-refractivity contribution in [1.29, 1.82) is 0 Å². The zero-order valence-corrected chi connectivity index (χ0v) is 15.0. The van der Waals surface area contributed by atoms with Gasteiger partial charge < -0.3 is 9.92 Å². The molecule has 0 amide bonds. The summed E-state index contributed by atoms with van der Waals surface area (Å²) in [5, 5.41) is 0.674. The molecule has 3 aromatic rings. The van der Waals surface area contributed by atoms with Crippen molar-refractivity contribution in [2.75, 3.05) is 5.73 Å². The monoisotopic (exact) mass is 393 g/mol. The smallest absolute Gasteiger partial charge is 0.313 e. The van der Waals surface area contributed by atoms with Gasteiger partial charge in [0, 0.05) is 17.1 Å². The molecule has 0 saturated heterocycles. The predicted octanol–water partition coefficient (Wildman–Crippen LogP) is 2.58. The molecule has 0 saturated carbocycles. The number of nitrogens with two attached hydrogens (primary N) is 1. The first kappa shape index (κ1) is 18.2. The molecule has 0 fully saturated rings. The van der Waals surface area contributed by atoms with Gasteiger partial charge in [0.25, 0.3) is 10.1 Å². The van der Waals surface area contributed by atoms with E-state index < -0.39 is 25.1 Å². The van der Waals surface area contributed by atoms with Crippen molar-refractivity contribution in [1.82, 2.24) is 0 Å². The highest BCUT2D eigenvalue weighted by atomic mass is 32.2. The molecule has 7 nitrogen and oxygen atoms in total. The largest absolute Gasteiger partial charge is 0.399 e. The van der Waals surface area contributed by atoms with Gasteiger partial charge in [-0.2, -0.15) is 16.8 Å². The quantitative estimate of drug-likeness (QED) is 0.388. The van der Waals surface area contributed by atoms with Crippen LogP contribution in [0.4, 0.5) is 5.69 Å². The summed E-state index contributed by atoms with van der Waals surface area (Å²) in [6, 6.07) is 15.1. The standard InChI is InChI=1S/C17H15NO6S2/c18-14-6-7-16-13(8-14)9-15(26(21,22)23)10-17(16)24-25(19,20)11-12-4-2-1-3-5-12/h1-10H,11,18H2,(H,21,22,23). The highest BCUT2D eigenvalue weighted by Crippen LogP contribution is 2.32. The van der Waals surface area contributed by atoms with Gasteiger partial charge in [-0.1, -0.05) is 30.3 Å². The number of hydrogen-bond acceptors (Lipinski definition) is 6. The molecule has 0 unspecified atom stereocenters. The molecule has 0 heterocycles. The van der Waals surface area contributed by atoms with Crippen LogP contribution in [0.1, 0.15) is 5.56 Å². The Balaban J connectivity index is 2.08. The molecule has 3 aromatic carbocycles. The van der Waals surface area contributed by atoms with Crippen molar-refractivity contribution < 1.29 is 25.6 Å². The maximum absolute atomic E-state index is 12.4. The molecule has 26 heavy (non-hydrogen) atoms. The first-order valence-corrected chi connectivity index (χ1v) is 10.4. The third kappa shape index (κ3) is 4.13. The highest BCUT2D eigenvalue weighted by molar-refractivity contribution is 7.86. The zero-order valence-electron chi connectivity index (χ0n) is 13.4. The Morgan fingerprint density at radius 2 is 1.62 bits per heavy atom. The predicted molar refractivity (Wildman–Crippen MR) is 97.9 cm³/mol. The van der Waals surface area contributed by atoms with Crippen LogP contribution < -0.4 is 9.92 Å². The van der Waals surface area contributed by atoms with Gasteiger partial charge in [-0.3, -0.25) is 4.55 Å². The number of benzene rings is 3. The van der Waals surface area contributed by atoms with Gasteiger partial charge in [0.05, 0.1) is 4.90 Å². The molecule has 0 radical (unpaired) electrons. The summed E-state index contributed by atoms with van der Waals surface area (Å²) in [5.74, 6) is -0.591. The number of anilines is 1. The Kier molecular flexibility index (Phi) is 4.61. The van der Waals surface area contributed by atoms with Crippen LogP contribution >= 0.6 is 0 Å². The van der Waals surface area contributed by atoms with E-state index in [0.717, 1.165) is 6.07 Å². The molecule has 0 aliphatic carbocycles. The minimum atomic E-state index is -4.56. The lowest BCUT2D eigenvalue weighted by molar-refractivity contribution is 0.476. The molecule has 0 aliphatic rings. The first-order valence-electron chi connectivity index (χ1n) is 7.41. The van der Waals surface area contributed by atoms with Gasteiger partial charge in [-0.25, -0.2) is 0 Å². The average Bonchev–Trinajstić information content (AvgIpc) is 2.53. The lowest BCUT2D eigenvalue weighted by atomic mass is 10.1. The van der Waals surface area contributed by atoms with E-state index >= 15 is 0 Å². The summed E-state index contributed by atoms with van der Waals surface area (Å²) in [6.07, 6.45) is 0. The van der Waals surface area contributed by atoms with Crippen LogP contribution in [0.5, 0.6) is 5.75 Å². The maximum Gasteiger partial charge on any atom is 0.313 e. The van der Waals surface area contributed by atoms with Crippen molar-refractivity contribution in [3.05, 3.63) is 66.2 Å². The van der Waals surface area contributed by atoms with Crippen LogP contribution in [-0.2, 0) is 26.0 Å². The molecular weight excluding hydrogens is 378 g/mol. The van der Waals surface area contributed by atoms with E-state index in [1.165, 1.54) is 24.3 Å². The molecule has 0 spiro atoms. The molecule has 136 valence electrons. The van der Waals surface area contributed by atoms with Gasteiger partial charge in [-0.05, 0) is 35.2 Å². The Hall–Kier alpha value is -2.62. The molecule has 0 bridgehead atoms. The van der Waals surface area contributed by atoms with Gasteiger partial charge >= 0.3 is 10.1 Å². The van der Waals surface area contributed by atoms with Gasteiger partial charge in [0.15, 0.2) is 5.75 Å². The Labute approximate surface area is 150 Å². The van der Waals surface area contributed by atoms with Crippen LogP contribution in [0, 0.1) is 0 Å². The molecule has 0 aromatic heterocycles. The minimum absolute atomic E-state index is 0.203. The summed E-state index contributed by atoms with van der Waals surface area (Å²) < 4.78 is 62.2. The van der Waals surface area contributed by atoms with E-state index in [1.54, 1.807) is 30.3 Å². The van der Waals surface area contributed by atoms with Crippen LogP contribution in [-0.4, -0.2) is 21.4 Å². The van der Waals surface area contributed by atoms with E-state index in [-0.39, 0.29) is 11.5 Å². The van der Waals surface area contributed by atoms with Crippen LogP contribution in [0.3, 0.4) is 0 Å². The number of rotatable bonds is 5. The van der Waals surface area contributed by atoms with Crippen molar-refractivity contribution in [2.24, 2.45) is 0 Å². The normalized spacial score (nSPS) is 12.2. The second-order valence-corrected chi connectivity index (χ2v) is 8.64. The number of fused-ring (bicyclic) bond motifs is 1. The summed E-state index contributed by atoms with van der Waals surface area (Å²) in [7, 11) is -8.62. The third-order valence-corrected chi connectivity index (χ3v) is 5.56. The second kappa shape index (κ2) is 6.60. The van der Waals surface area contributed by atoms with Crippen LogP contribution in [0.2, 0.25) is 0 Å². The fourth-order valence-electron chi connectivity index (χ4n) is 2.49. The second-order valence-electron chi connectivity index (χ2n) is 5.65. The fraction of sp³-hybridized carbons (Fsp3) is 0.0588. The van der Waals surface area contributed by atoms with E-state index in [2.05, 4.69) is 0 Å². The Morgan fingerprint density at radius 1 is 0.923 bits per heavy atom. The van der Waals surface area contributed by atoms with E-state index in [1.807, 2.05) is 0 Å². The maximum atomic E-state index is 12.4. The molecule has 3 N–H and O–H groups in total. The SMILES string of the molecule is Nc1ccc2c(OS(=O)(=O)Cc3ccccc3)cc(S(=O)(=O)O)cc2c1. The van der Waals surface area contributed by atoms with Crippen LogP contribution in [0.15, 0.2) is 65.6 Å². The molecule has 3 rings (SSSR count). The summed E-state index contributed by atoms with van der Waals surface area (Å²) in [5.41, 5.74) is 6.56. The van der Waals surface area contributed by atoms with Crippen molar-refractivity contribution in [3.63, 3.8) is 0 Å². The van der Waals surface area contributed by atoms with Crippen molar-refractivity contribution >= 4 is 36.7 Å². The number of nitrogen functional groups attached to an aromatic ring is 1. The Morgan fingerprint density at radius 3 is 2.27 bits per heavy atom. The van der Waals surface area contributed by atoms with Crippen molar-refractivity contribution in [2.45, 2.75) is 10.6 Å². The van der Waals surface area contributed by atoms with E-state index in [0.29, 0.717) is 22.0 Å². The van der Waals surface area contributed by atoms with Gasteiger partial charge in [0.2, 0.25) is 0 Å². The lowest BCUT2D eigenvalue weighted by Crippen LogP contribution is -2.13. The van der Waals surface area contributed by atoms with Gasteiger partial charge in [-0.15, -0.1) is 0 Å². The molecule has 0 aliphatic heterocycles. The lowest BCUT2D eigenvalue weighted by Gasteiger charge is -2.12. The third-order valence-electron chi connectivity index (χ3n) is 3.61. The zero-order chi connectivity index (χ0) is 18.9. The van der Waals surface area contributed by atoms with Crippen LogP contribution in [0.25, 0.3) is 10.8 Å². The minimum Gasteiger partial charge on any atom is -0.399 e. The molecule has 0 atom stereocenters. The highest BCUT2D eigenvalue weighted by Gasteiger charge is 2.20. The topological polar surface area (TPSA) is 124 Å². The summed E-state index contributed by atoms with van der Waals surface area (Å²) in [4.78, 5) is -0.486. The fourth-order valence-corrected chi connectivity index (χ4v) is 4.09. The van der Waals surface area contributed by atoms with Crippen molar-refractivity contribution in [3.8, 4) is 5.75 Å². The molecule has 9 heteroatoms. The average molecular weight is 393 g/mol. The summed E-state index contributed by atoms with van der Waals surface area (Å²) in [6.45, 7) is 0. The number of hydrogen-bond donors (Lipinski definition) is 2. The van der Waals surface area contributed by atoms with E-state index in [4.69, 9.17) is 9.92 Å². The summed E-state index contributed by atoms with van der Waals surface area (Å²) >= 11 is 0. The Bertz CT molecular complexity index is 1170. The van der Waals surface area contributed by atoms with E-state index in [9.17, 15) is 21.4 Å². The molecular formula is C17H15NO6S2. The first-order chi connectivity index (χ1) is 12.1.